The zero-order valence-electron chi connectivity index (χ0n) is 11.1. The first-order valence-electron chi connectivity index (χ1n) is 5.87. The van der Waals surface area contributed by atoms with Crippen LogP contribution in [0.15, 0.2) is 16.6 Å². The molecule has 0 fully saturated rings. The molecule has 0 amide bonds. The number of anilines is 1. The maximum absolute atomic E-state index is 11.9. The molecule has 112 valence electrons. The highest BCUT2D eigenvalue weighted by Gasteiger charge is 2.16. The van der Waals surface area contributed by atoms with Gasteiger partial charge in [-0.25, -0.2) is 8.42 Å². The number of nitrogens with one attached hydrogen (secondary N) is 1. The average molecular weight is 385 g/mol. The van der Waals surface area contributed by atoms with Crippen LogP contribution in [-0.4, -0.2) is 26.7 Å². The van der Waals surface area contributed by atoms with E-state index < -0.39 is 16.0 Å². The van der Waals surface area contributed by atoms with Gasteiger partial charge in [-0.05, 0) is 47.5 Å². The maximum Gasteiger partial charge on any atom is 0.306 e. The molecule has 1 aromatic carbocycles. The van der Waals surface area contributed by atoms with Crippen LogP contribution in [0.25, 0.3) is 0 Å². The Morgan fingerprint density at radius 2 is 2.10 bits per heavy atom. The average Bonchev–Trinajstić information content (AvgIpc) is 2.34. The highest BCUT2D eigenvalue weighted by molar-refractivity contribution is 9.10. The largest absolute Gasteiger partial charge is 0.466 e. The van der Waals surface area contributed by atoms with E-state index >= 15 is 0 Å². The molecule has 0 aliphatic carbocycles. The summed E-state index contributed by atoms with van der Waals surface area (Å²) < 4.78 is 31.4. The number of carbonyl (C=O) groups excluding carboxylic acids is 1. The molecule has 0 radical (unpaired) electrons. The summed E-state index contributed by atoms with van der Waals surface area (Å²) in [5.41, 5.74) is 1.16. The van der Waals surface area contributed by atoms with Gasteiger partial charge in [0.2, 0.25) is 10.0 Å². The van der Waals surface area contributed by atoms with Gasteiger partial charge < -0.3 is 4.74 Å². The monoisotopic (exact) mass is 383 g/mol. The van der Waals surface area contributed by atoms with Gasteiger partial charge in [0.05, 0.1) is 24.5 Å². The van der Waals surface area contributed by atoms with Crippen LogP contribution in [0, 0.1) is 6.92 Å². The molecule has 0 saturated carbocycles. The summed E-state index contributed by atoms with van der Waals surface area (Å²) in [4.78, 5) is 11.2. The van der Waals surface area contributed by atoms with Crippen LogP contribution >= 0.6 is 27.5 Å². The minimum Gasteiger partial charge on any atom is -0.466 e. The molecule has 0 spiro atoms. The van der Waals surface area contributed by atoms with Gasteiger partial charge in [0, 0.05) is 9.50 Å². The summed E-state index contributed by atoms with van der Waals surface area (Å²) in [6, 6.07) is 3.23. The van der Waals surface area contributed by atoms with E-state index in [1.54, 1.807) is 13.0 Å². The molecule has 0 aliphatic heterocycles. The SMILES string of the molecule is CCOC(=O)CCS(=O)(=O)Nc1cc(Cl)c(C)cc1Br. The molecule has 0 aromatic heterocycles. The second-order valence-electron chi connectivity index (χ2n) is 4.06. The molecule has 1 aromatic rings. The third-order valence-corrected chi connectivity index (χ3v) is 4.73. The number of esters is 1. The molecular formula is C12H15BrClNO4S. The van der Waals surface area contributed by atoms with Crippen LogP contribution in [0.1, 0.15) is 18.9 Å². The van der Waals surface area contributed by atoms with E-state index in [2.05, 4.69) is 25.4 Å². The van der Waals surface area contributed by atoms with Gasteiger partial charge in [0.1, 0.15) is 0 Å². The van der Waals surface area contributed by atoms with Gasteiger partial charge in [-0.2, -0.15) is 0 Å². The second-order valence-corrected chi connectivity index (χ2v) is 7.16. The lowest BCUT2D eigenvalue weighted by Gasteiger charge is -2.11. The van der Waals surface area contributed by atoms with Gasteiger partial charge in [-0.3, -0.25) is 9.52 Å². The van der Waals surface area contributed by atoms with E-state index in [-0.39, 0.29) is 18.8 Å². The van der Waals surface area contributed by atoms with Crippen molar-refractivity contribution in [1.29, 1.82) is 0 Å². The van der Waals surface area contributed by atoms with Gasteiger partial charge in [-0.15, -0.1) is 0 Å². The molecule has 0 heterocycles. The quantitative estimate of drug-likeness (QED) is 0.765. The molecule has 5 nitrogen and oxygen atoms in total. The zero-order valence-corrected chi connectivity index (χ0v) is 14.2. The molecule has 0 aliphatic rings. The standard InChI is InChI=1S/C12H15BrClNO4S/c1-3-19-12(16)4-5-20(17,18)15-11-7-10(14)8(2)6-9(11)13/h6-7,15H,3-5H2,1-2H3. The number of sulfonamides is 1. The van der Waals surface area contributed by atoms with Crippen molar-refractivity contribution < 1.29 is 17.9 Å². The van der Waals surface area contributed by atoms with Gasteiger partial charge in [0.25, 0.3) is 0 Å². The summed E-state index contributed by atoms with van der Waals surface area (Å²) in [5, 5.41) is 0.455. The number of ether oxygens (including phenoxy) is 1. The fourth-order valence-electron chi connectivity index (χ4n) is 1.39. The van der Waals surface area contributed by atoms with E-state index in [0.717, 1.165) is 5.56 Å². The normalized spacial score (nSPS) is 11.2. The predicted molar refractivity (Wildman–Crippen MR) is 82.5 cm³/mol. The molecule has 0 bridgehead atoms. The number of carbonyl (C=O) groups is 1. The van der Waals surface area contributed by atoms with Crippen molar-refractivity contribution in [3.8, 4) is 0 Å². The smallest absolute Gasteiger partial charge is 0.306 e. The van der Waals surface area contributed by atoms with Crippen molar-refractivity contribution in [2.45, 2.75) is 20.3 Å². The molecule has 0 atom stereocenters. The predicted octanol–water partition coefficient (Wildman–Crippen LogP) is 3.11. The molecule has 0 unspecified atom stereocenters. The first-order chi connectivity index (χ1) is 9.25. The minimum absolute atomic E-state index is 0.194. The van der Waals surface area contributed by atoms with Crippen LogP contribution in [-0.2, 0) is 19.6 Å². The lowest BCUT2D eigenvalue weighted by Crippen LogP contribution is -2.20. The Bertz CT molecular complexity index is 604. The first-order valence-corrected chi connectivity index (χ1v) is 8.69. The van der Waals surface area contributed by atoms with E-state index in [9.17, 15) is 13.2 Å². The van der Waals surface area contributed by atoms with Gasteiger partial charge in [-0.1, -0.05) is 11.6 Å². The number of rotatable bonds is 6. The topological polar surface area (TPSA) is 72.5 Å². The summed E-state index contributed by atoms with van der Waals surface area (Å²) in [6.07, 6.45) is -0.194. The summed E-state index contributed by atoms with van der Waals surface area (Å²) >= 11 is 9.22. The Labute approximate surface area is 131 Å². The molecule has 0 saturated heterocycles. The van der Waals surface area contributed by atoms with Crippen LogP contribution < -0.4 is 4.72 Å². The summed E-state index contributed by atoms with van der Waals surface area (Å²) in [6.45, 7) is 3.70. The molecule has 8 heteroatoms. The van der Waals surface area contributed by atoms with Gasteiger partial charge in [0.15, 0.2) is 0 Å². The molecule has 20 heavy (non-hydrogen) atoms. The lowest BCUT2D eigenvalue weighted by atomic mass is 10.2. The number of benzene rings is 1. The fourth-order valence-corrected chi connectivity index (χ4v) is 3.29. The zero-order chi connectivity index (χ0) is 15.3. The summed E-state index contributed by atoms with van der Waals surface area (Å²) in [7, 11) is -3.64. The van der Waals surface area contributed by atoms with Crippen molar-refractivity contribution in [2.75, 3.05) is 17.1 Å². The van der Waals surface area contributed by atoms with Crippen LogP contribution in [0.5, 0.6) is 0 Å². The molecule has 1 N–H and O–H groups in total. The molecular weight excluding hydrogens is 370 g/mol. The maximum atomic E-state index is 11.9. The van der Waals surface area contributed by atoms with Crippen molar-refractivity contribution in [2.24, 2.45) is 0 Å². The highest BCUT2D eigenvalue weighted by atomic mass is 79.9. The number of hydrogen-bond acceptors (Lipinski definition) is 4. The lowest BCUT2D eigenvalue weighted by molar-refractivity contribution is -0.142. The summed E-state index contributed by atoms with van der Waals surface area (Å²) in [5.74, 6) is -0.886. The molecule has 1 rings (SSSR count). The second kappa shape index (κ2) is 7.28. The van der Waals surface area contributed by atoms with Crippen molar-refractivity contribution in [3.63, 3.8) is 0 Å². The van der Waals surface area contributed by atoms with Gasteiger partial charge >= 0.3 is 5.97 Å². The van der Waals surface area contributed by atoms with Crippen molar-refractivity contribution in [1.82, 2.24) is 0 Å². The van der Waals surface area contributed by atoms with E-state index in [1.165, 1.54) is 6.07 Å². The Hall–Kier alpha value is -0.790. The number of hydrogen-bond donors (Lipinski definition) is 1. The first kappa shape index (κ1) is 17.3. The van der Waals surface area contributed by atoms with Crippen LogP contribution in [0.2, 0.25) is 5.02 Å². The van der Waals surface area contributed by atoms with Crippen LogP contribution in [0.4, 0.5) is 5.69 Å². The van der Waals surface area contributed by atoms with E-state index in [0.29, 0.717) is 15.2 Å². The Morgan fingerprint density at radius 3 is 2.70 bits per heavy atom. The fraction of sp³-hybridized carbons (Fsp3) is 0.417. The Morgan fingerprint density at radius 1 is 1.45 bits per heavy atom. The Balaban J connectivity index is 2.76. The van der Waals surface area contributed by atoms with Crippen molar-refractivity contribution >= 4 is 49.2 Å². The third-order valence-electron chi connectivity index (χ3n) is 2.39. The highest BCUT2D eigenvalue weighted by Crippen LogP contribution is 2.29. The number of aryl methyl sites for hydroxylation is 1. The van der Waals surface area contributed by atoms with E-state index in [4.69, 9.17) is 11.6 Å². The third kappa shape index (κ3) is 5.30. The van der Waals surface area contributed by atoms with E-state index in [1.807, 2.05) is 6.92 Å². The Kier molecular flexibility index (Phi) is 6.29. The van der Waals surface area contributed by atoms with Crippen LogP contribution in [0.3, 0.4) is 0 Å². The van der Waals surface area contributed by atoms with Crippen molar-refractivity contribution in [3.05, 3.63) is 27.2 Å². The number of halogens is 2. The minimum atomic E-state index is -3.64.